The van der Waals surface area contributed by atoms with Crippen LogP contribution in [0.3, 0.4) is 0 Å². The molecule has 1 atom stereocenters. The molecule has 1 aromatic carbocycles. The minimum atomic E-state index is -0.768. The third-order valence-corrected chi connectivity index (χ3v) is 2.83. The maximum absolute atomic E-state index is 13.4. The summed E-state index contributed by atoms with van der Waals surface area (Å²) in [5, 5.41) is -0.308. The summed E-state index contributed by atoms with van der Waals surface area (Å²) in [6.07, 6.45) is 1.04. The molecule has 0 N–H and O–H groups in total. The number of rotatable bonds is 4. The Balaban J connectivity index is 2.96. The van der Waals surface area contributed by atoms with Crippen molar-refractivity contribution >= 4 is 17.4 Å². The van der Waals surface area contributed by atoms with E-state index in [2.05, 4.69) is 0 Å². The Labute approximate surface area is 98.4 Å². The number of carbonyl (C=O) groups excluding carboxylic acids is 1. The lowest BCUT2D eigenvalue weighted by atomic mass is 9.97. The molecule has 0 aromatic heterocycles. The van der Waals surface area contributed by atoms with E-state index in [9.17, 15) is 13.6 Å². The van der Waals surface area contributed by atoms with Gasteiger partial charge >= 0.3 is 0 Å². The van der Waals surface area contributed by atoms with E-state index in [4.69, 9.17) is 11.6 Å². The fraction of sp³-hybridized carbons (Fsp3) is 0.417. The first kappa shape index (κ1) is 13.1. The summed E-state index contributed by atoms with van der Waals surface area (Å²) in [6.45, 7) is 3.83. The number of ketones is 1. The summed E-state index contributed by atoms with van der Waals surface area (Å²) in [5.74, 6) is -1.76. The van der Waals surface area contributed by atoms with Gasteiger partial charge in [-0.15, -0.1) is 0 Å². The lowest BCUT2D eigenvalue weighted by Crippen LogP contribution is -2.08. The molecular formula is C12H13ClF2O. The van der Waals surface area contributed by atoms with Crippen molar-refractivity contribution in [3.05, 3.63) is 34.4 Å². The van der Waals surface area contributed by atoms with E-state index >= 15 is 0 Å². The maximum Gasteiger partial charge on any atom is 0.166 e. The molecule has 16 heavy (non-hydrogen) atoms. The molecule has 0 fully saturated rings. The van der Waals surface area contributed by atoms with Gasteiger partial charge in [-0.1, -0.05) is 31.9 Å². The van der Waals surface area contributed by atoms with Gasteiger partial charge in [0.1, 0.15) is 11.6 Å². The Morgan fingerprint density at radius 1 is 1.38 bits per heavy atom. The van der Waals surface area contributed by atoms with Crippen LogP contribution < -0.4 is 0 Å². The molecule has 0 amide bonds. The van der Waals surface area contributed by atoms with E-state index in [1.165, 1.54) is 0 Å². The van der Waals surface area contributed by atoms with Gasteiger partial charge in [0.05, 0.1) is 10.6 Å². The second kappa shape index (κ2) is 5.39. The Morgan fingerprint density at radius 3 is 2.56 bits per heavy atom. The number of carbonyl (C=O) groups is 1. The third-order valence-electron chi connectivity index (χ3n) is 2.54. The summed E-state index contributed by atoms with van der Waals surface area (Å²) < 4.78 is 26.5. The molecule has 88 valence electrons. The highest BCUT2D eigenvalue weighted by atomic mass is 35.5. The maximum atomic E-state index is 13.4. The Kier molecular flexibility index (Phi) is 4.42. The van der Waals surface area contributed by atoms with Crippen molar-refractivity contribution in [3.8, 4) is 0 Å². The van der Waals surface area contributed by atoms with E-state index in [1.54, 1.807) is 0 Å². The molecule has 0 saturated carbocycles. The second-order valence-corrected chi connectivity index (χ2v) is 4.29. The van der Waals surface area contributed by atoms with Crippen LogP contribution in [0.4, 0.5) is 8.78 Å². The summed E-state index contributed by atoms with van der Waals surface area (Å²) >= 11 is 5.40. The molecule has 0 saturated heterocycles. The van der Waals surface area contributed by atoms with Crippen molar-refractivity contribution < 1.29 is 13.6 Å². The van der Waals surface area contributed by atoms with Gasteiger partial charge in [-0.25, -0.2) is 8.78 Å². The van der Waals surface area contributed by atoms with Gasteiger partial charge in [0.25, 0.3) is 0 Å². The average molecular weight is 247 g/mol. The molecule has 1 aromatic rings. The van der Waals surface area contributed by atoms with E-state index in [1.807, 2.05) is 13.8 Å². The fourth-order valence-corrected chi connectivity index (χ4v) is 1.46. The zero-order chi connectivity index (χ0) is 12.3. The van der Waals surface area contributed by atoms with Gasteiger partial charge in [-0.3, -0.25) is 4.79 Å². The quantitative estimate of drug-likeness (QED) is 0.574. The molecule has 0 spiro atoms. The zero-order valence-electron chi connectivity index (χ0n) is 9.19. The normalized spacial score (nSPS) is 12.6. The van der Waals surface area contributed by atoms with Crippen molar-refractivity contribution in [2.45, 2.75) is 26.7 Å². The first-order chi connectivity index (χ1) is 7.45. The highest BCUT2D eigenvalue weighted by Crippen LogP contribution is 2.21. The Bertz CT molecular complexity index is 404. The van der Waals surface area contributed by atoms with Gasteiger partial charge in [0.15, 0.2) is 5.78 Å². The van der Waals surface area contributed by atoms with Crippen molar-refractivity contribution in [1.82, 2.24) is 0 Å². The molecule has 0 bridgehead atoms. The molecule has 0 heterocycles. The number of benzene rings is 1. The summed E-state index contributed by atoms with van der Waals surface area (Å²) in [7, 11) is 0. The topological polar surface area (TPSA) is 17.1 Å². The van der Waals surface area contributed by atoms with E-state index < -0.39 is 11.6 Å². The van der Waals surface area contributed by atoms with Crippen molar-refractivity contribution in [3.63, 3.8) is 0 Å². The Morgan fingerprint density at radius 2 is 2.00 bits per heavy atom. The molecule has 1 rings (SSSR count). The van der Waals surface area contributed by atoms with Crippen LogP contribution in [0.25, 0.3) is 0 Å². The van der Waals surface area contributed by atoms with E-state index in [0.29, 0.717) is 0 Å². The van der Waals surface area contributed by atoms with E-state index in [-0.39, 0.29) is 28.7 Å². The van der Waals surface area contributed by atoms with Crippen molar-refractivity contribution in [1.29, 1.82) is 0 Å². The summed E-state index contributed by atoms with van der Waals surface area (Å²) in [5.41, 5.74) is -0.220. The summed E-state index contributed by atoms with van der Waals surface area (Å²) in [6, 6.07) is 1.70. The molecule has 0 aliphatic rings. The molecular weight excluding hydrogens is 234 g/mol. The zero-order valence-corrected chi connectivity index (χ0v) is 9.94. The lowest BCUT2D eigenvalue weighted by Gasteiger charge is -2.08. The van der Waals surface area contributed by atoms with Crippen molar-refractivity contribution in [2.24, 2.45) is 5.92 Å². The first-order valence-corrected chi connectivity index (χ1v) is 5.51. The van der Waals surface area contributed by atoms with Crippen molar-refractivity contribution in [2.75, 3.05) is 0 Å². The minimum Gasteiger partial charge on any atom is -0.294 e. The van der Waals surface area contributed by atoms with Crippen LogP contribution in [-0.4, -0.2) is 5.78 Å². The second-order valence-electron chi connectivity index (χ2n) is 3.89. The molecule has 1 unspecified atom stereocenters. The standard InChI is InChI=1S/C12H13ClF2O/c1-3-7(2)4-12(16)8-5-11(15)9(13)6-10(8)14/h5-7H,3-4H2,1-2H3. The van der Waals surface area contributed by atoms with Crippen LogP contribution in [0.15, 0.2) is 12.1 Å². The average Bonchev–Trinajstić information content (AvgIpc) is 2.23. The van der Waals surface area contributed by atoms with Crippen LogP contribution in [0.2, 0.25) is 5.02 Å². The number of Topliss-reactive ketones (excluding diaryl/α,β-unsaturated/α-hetero) is 1. The van der Waals surface area contributed by atoms with Crippen LogP contribution >= 0.6 is 11.6 Å². The highest BCUT2D eigenvalue weighted by Gasteiger charge is 2.17. The first-order valence-electron chi connectivity index (χ1n) is 5.13. The molecule has 1 nitrogen and oxygen atoms in total. The number of halogens is 3. The smallest absolute Gasteiger partial charge is 0.166 e. The molecule has 0 radical (unpaired) electrons. The van der Waals surface area contributed by atoms with E-state index in [0.717, 1.165) is 18.6 Å². The monoisotopic (exact) mass is 246 g/mol. The van der Waals surface area contributed by atoms with Crippen LogP contribution in [0, 0.1) is 17.6 Å². The number of hydrogen-bond donors (Lipinski definition) is 0. The van der Waals surface area contributed by atoms with Gasteiger partial charge in [0, 0.05) is 6.42 Å². The Hall–Kier alpha value is -0.960. The van der Waals surface area contributed by atoms with Crippen LogP contribution in [-0.2, 0) is 0 Å². The van der Waals surface area contributed by atoms with Gasteiger partial charge < -0.3 is 0 Å². The predicted molar refractivity (Wildman–Crippen MR) is 59.8 cm³/mol. The predicted octanol–water partition coefficient (Wildman–Crippen LogP) is 4.24. The highest BCUT2D eigenvalue weighted by molar-refractivity contribution is 6.30. The largest absolute Gasteiger partial charge is 0.294 e. The lowest BCUT2D eigenvalue weighted by molar-refractivity contribution is 0.0959. The van der Waals surface area contributed by atoms with Gasteiger partial charge in [-0.2, -0.15) is 0 Å². The molecule has 0 aliphatic heterocycles. The fourth-order valence-electron chi connectivity index (χ4n) is 1.31. The SMILES string of the molecule is CCC(C)CC(=O)c1cc(F)c(Cl)cc1F. The van der Waals surface area contributed by atoms with Crippen LogP contribution in [0.1, 0.15) is 37.0 Å². The number of hydrogen-bond acceptors (Lipinski definition) is 1. The molecule has 4 heteroatoms. The van der Waals surface area contributed by atoms with Gasteiger partial charge in [0.2, 0.25) is 0 Å². The summed E-state index contributed by atoms with van der Waals surface area (Å²) in [4.78, 5) is 11.6. The third kappa shape index (κ3) is 3.01. The van der Waals surface area contributed by atoms with Crippen LogP contribution in [0.5, 0.6) is 0 Å². The van der Waals surface area contributed by atoms with Gasteiger partial charge in [-0.05, 0) is 18.1 Å². The molecule has 0 aliphatic carbocycles. The minimum absolute atomic E-state index is 0.158.